The Bertz CT molecular complexity index is 253. The number of nitrogens with zero attached hydrogens (tertiary/aromatic N) is 2. The van der Waals surface area contributed by atoms with Crippen molar-refractivity contribution in [2.45, 2.75) is 40.3 Å². The van der Waals surface area contributed by atoms with E-state index in [4.69, 9.17) is 0 Å². The molecular weight excluding hydrogens is 162 g/mol. The van der Waals surface area contributed by atoms with E-state index in [9.17, 15) is 0 Å². The van der Waals surface area contributed by atoms with E-state index < -0.39 is 0 Å². The fourth-order valence-electron chi connectivity index (χ4n) is 1.34. The molecule has 0 atom stereocenters. The van der Waals surface area contributed by atoms with Gasteiger partial charge in [-0.05, 0) is 19.9 Å². The maximum atomic E-state index is 4.43. The van der Waals surface area contributed by atoms with Crippen LogP contribution in [0.15, 0.2) is 6.20 Å². The maximum absolute atomic E-state index is 4.43. The normalized spacial score (nSPS) is 10.7. The first-order chi connectivity index (χ1) is 6.27. The Morgan fingerprint density at radius 1 is 1.46 bits per heavy atom. The molecule has 0 aliphatic carbocycles. The molecule has 1 aromatic heterocycles. The van der Waals surface area contributed by atoms with Gasteiger partial charge in [0.05, 0.1) is 5.69 Å². The van der Waals surface area contributed by atoms with Crippen LogP contribution in [0.1, 0.15) is 31.5 Å². The maximum Gasteiger partial charge on any atom is 0.0638 e. The Labute approximate surface area is 80.1 Å². The lowest BCUT2D eigenvalue weighted by Crippen LogP contribution is -2.11. The Morgan fingerprint density at radius 2 is 2.23 bits per heavy atom. The SMILES string of the molecule is CCCn1cc(CNCC)c(C)n1. The van der Waals surface area contributed by atoms with Gasteiger partial charge < -0.3 is 5.32 Å². The average Bonchev–Trinajstić information content (AvgIpc) is 2.44. The Kier molecular flexibility index (Phi) is 3.96. The largest absolute Gasteiger partial charge is 0.313 e. The molecule has 0 unspecified atom stereocenters. The van der Waals surface area contributed by atoms with Crippen molar-refractivity contribution in [3.05, 3.63) is 17.5 Å². The molecule has 0 saturated heterocycles. The number of hydrogen-bond donors (Lipinski definition) is 1. The van der Waals surface area contributed by atoms with Crippen molar-refractivity contribution in [2.75, 3.05) is 6.54 Å². The number of aryl methyl sites for hydroxylation is 2. The molecule has 74 valence electrons. The van der Waals surface area contributed by atoms with E-state index >= 15 is 0 Å². The van der Waals surface area contributed by atoms with Crippen LogP contribution in [-0.4, -0.2) is 16.3 Å². The minimum Gasteiger partial charge on any atom is -0.313 e. The van der Waals surface area contributed by atoms with Gasteiger partial charge >= 0.3 is 0 Å². The predicted octanol–water partition coefficient (Wildman–Crippen LogP) is 1.71. The highest BCUT2D eigenvalue weighted by Gasteiger charge is 2.02. The number of rotatable bonds is 5. The Morgan fingerprint density at radius 3 is 2.85 bits per heavy atom. The highest BCUT2D eigenvalue weighted by Crippen LogP contribution is 2.05. The standard InChI is InChI=1S/C10H19N3/c1-4-6-13-8-10(7-11-5-2)9(3)12-13/h8,11H,4-7H2,1-3H3. The monoisotopic (exact) mass is 181 g/mol. The molecule has 0 radical (unpaired) electrons. The quantitative estimate of drug-likeness (QED) is 0.749. The van der Waals surface area contributed by atoms with Crippen LogP contribution in [0.25, 0.3) is 0 Å². The molecule has 3 nitrogen and oxygen atoms in total. The highest BCUT2D eigenvalue weighted by atomic mass is 15.3. The van der Waals surface area contributed by atoms with Crippen LogP contribution in [0.3, 0.4) is 0 Å². The minimum absolute atomic E-state index is 0.937. The summed E-state index contributed by atoms with van der Waals surface area (Å²) in [5.74, 6) is 0. The van der Waals surface area contributed by atoms with E-state index in [2.05, 4.69) is 37.4 Å². The molecule has 1 heterocycles. The van der Waals surface area contributed by atoms with Crippen molar-refractivity contribution < 1.29 is 0 Å². The molecule has 1 N–H and O–H groups in total. The zero-order valence-corrected chi connectivity index (χ0v) is 8.80. The summed E-state index contributed by atoms with van der Waals surface area (Å²) in [5, 5.41) is 7.74. The van der Waals surface area contributed by atoms with Crippen molar-refractivity contribution in [3.8, 4) is 0 Å². The van der Waals surface area contributed by atoms with Crippen LogP contribution in [0.5, 0.6) is 0 Å². The molecule has 0 fully saturated rings. The summed E-state index contributed by atoms with van der Waals surface area (Å²) in [5.41, 5.74) is 2.46. The first-order valence-electron chi connectivity index (χ1n) is 5.01. The minimum atomic E-state index is 0.937. The van der Waals surface area contributed by atoms with Crippen molar-refractivity contribution >= 4 is 0 Å². The highest BCUT2D eigenvalue weighted by molar-refractivity contribution is 5.14. The van der Waals surface area contributed by atoms with E-state index in [1.807, 2.05) is 4.68 Å². The molecule has 13 heavy (non-hydrogen) atoms. The Balaban J connectivity index is 2.60. The summed E-state index contributed by atoms with van der Waals surface area (Å²) < 4.78 is 2.03. The lowest BCUT2D eigenvalue weighted by atomic mass is 10.2. The third-order valence-corrected chi connectivity index (χ3v) is 2.07. The summed E-state index contributed by atoms with van der Waals surface area (Å²) in [6, 6.07) is 0. The van der Waals surface area contributed by atoms with E-state index in [-0.39, 0.29) is 0 Å². The second-order valence-electron chi connectivity index (χ2n) is 3.28. The second kappa shape index (κ2) is 5.02. The first kappa shape index (κ1) is 10.3. The van der Waals surface area contributed by atoms with Gasteiger partial charge in [-0.15, -0.1) is 0 Å². The van der Waals surface area contributed by atoms with Crippen molar-refractivity contribution in [1.82, 2.24) is 15.1 Å². The van der Waals surface area contributed by atoms with E-state index in [1.165, 1.54) is 5.56 Å². The summed E-state index contributed by atoms with van der Waals surface area (Å²) >= 11 is 0. The number of aromatic nitrogens is 2. The van der Waals surface area contributed by atoms with Gasteiger partial charge in [0.25, 0.3) is 0 Å². The topological polar surface area (TPSA) is 29.9 Å². The molecule has 0 saturated carbocycles. The number of hydrogen-bond acceptors (Lipinski definition) is 2. The van der Waals surface area contributed by atoms with Crippen LogP contribution < -0.4 is 5.32 Å². The molecule has 0 amide bonds. The van der Waals surface area contributed by atoms with Gasteiger partial charge in [-0.3, -0.25) is 4.68 Å². The van der Waals surface area contributed by atoms with Crippen molar-refractivity contribution in [1.29, 1.82) is 0 Å². The van der Waals surface area contributed by atoms with Gasteiger partial charge in [-0.1, -0.05) is 13.8 Å². The molecule has 0 spiro atoms. The fourth-order valence-corrected chi connectivity index (χ4v) is 1.34. The van der Waals surface area contributed by atoms with Gasteiger partial charge in [-0.2, -0.15) is 5.10 Å². The molecule has 0 aliphatic heterocycles. The van der Waals surface area contributed by atoms with Gasteiger partial charge in [0, 0.05) is 24.8 Å². The van der Waals surface area contributed by atoms with Crippen LogP contribution in [-0.2, 0) is 13.1 Å². The molecule has 1 rings (SSSR count). The third-order valence-electron chi connectivity index (χ3n) is 2.07. The van der Waals surface area contributed by atoms with Crippen LogP contribution in [0.2, 0.25) is 0 Å². The third kappa shape index (κ3) is 2.84. The molecular formula is C10H19N3. The Hall–Kier alpha value is -0.830. The van der Waals surface area contributed by atoms with Crippen molar-refractivity contribution in [2.24, 2.45) is 0 Å². The van der Waals surface area contributed by atoms with E-state index in [0.717, 1.165) is 31.7 Å². The van der Waals surface area contributed by atoms with Gasteiger partial charge in [0.1, 0.15) is 0 Å². The first-order valence-corrected chi connectivity index (χ1v) is 5.01. The van der Waals surface area contributed by atoms with Gasteiger partial charge in [-0.25, -0.2) is 0 Å². The zero-order chi connectivity index (χ0) is 9.68. The van der Waals surface area contributed by atoms with Crippen LogP contribution in [0, 0.1) is 6.92 Å². The summed E-state index contributed by atoms with van der Waals surface area (Å²) in [7, 11) is 0. The summed E-state index contributed by atoms with van der Waals surface area (Å²) in [6.07, 6.45) is 3.28. The predicted molar refractivity (Wildman–Crippen MR) is 54.6 cm³/mol. The molecule has 1 aromatic rings. The average molecular weight is 181 g/mol. The smallest absolute Gasteiger partial charge is 0.0638 e. The fraction of sp³-hybridized carbons (Fsp3) is 0.700. The van der Waals surface area contributed by atoms with Gasteiger partial charge in [0.2, 0.25) is 0 Å². The van der Waals surface area contributed by atoms with Gasteiger partial charge in [0.15, 0.2) is 0 Å². The lowest BCUT2D eigenvalue weighted by Gasteiger charge is -1.97. The molecule has 3 heteroatoms. The van der Waals surface area contributed by atoms with Crippen LogP contribution in [0.4, 0.5) is 0 Å². The zero-order valence-electron chi connectivity index (χ0n) is 8.80. The summed E-state index contributed by atoms with van der Waals surface area (Å²) in [6.45, 7) is 9.32. The van der Waals surface area contributed by atoms with E-state index in [0.29, 0.717) is 0 Å². The lowest BCUT2D eigenvalue weighted by molar-refractivity contribution is 0.597. The molecule has 0 bridgehead atoms. The van der Waals surface area contributed by atoms with Crippen molar-refractivity contribution in [3.63, 3.8) is 0 Å². The van der Waals surface area contributed by atoms with E-state index in [1.54, 1.807) is 0 Å². The molecule has 0 aromatic carbocycles. The number of nitrogens with one attached hydrogen (secondary N) is 1. The second-order valence-corrected chi connectivity index (χ2v) is 3.28. The van der Waals surface area contributed by atoms with Crippen LogP contribution >= 0.6 is 0 Å². The summed E-state index contributed by atoms with van der Waals surface area (Å²) in [4.78, 5) is 0. The molecule has 0 aliphatic rings.